The largest absolute Gasteiger partial charge is 0.383 e. The maximum Gasteiger partial charge on any atom is 0.254 e. The Kier molecular flexibility index (Phi) is 4.36. The molecule has 2 amide bonds. The predicted octanol–water partition coefficient (Wildman–Crippen LogP) is 2.44. The van der Waals surface area contributed by atoms with Crippen molar-refractivity contribution in [1.29, 1.82) is 0 Å². The molecule has 154 valence electrons. The second kappa shape index (κ2) is 6.95. The molecule has 2 saturated heterocycles. The summed E-state index contributed by atoms with van der Waals surface area (Å²) in [4.78, 5) is 32.9. The van der Waals surface area contributed by atoms with Crippen LogP contribution >= 0.6 is 0 Å². The lowest BCUT2D eigenvalue weighted by Gasteiger charge is -2.38. The first-order valence-electron chi connectivity index (χ1n) is 10.1. The van der Waals surface area contributed by atoms with Gasteiger partial charge in [0.2, 0.25) is 5.91 Å². The molecule has 7 nitrogen and oxygen atoms in total. The molecule has 5 rings (SSSR count). The number of nitrogens with two attached hydrogens (primary N) is 1. The number of nitrogens with zero attached hydrogens (tertiary/aromatic N) is 3. The number of amides is 2. The number of hydrogen-bond donors (Lipinski definition) is 1. The minimum absolute atomic E-state index is 0.0105. The van der Waals surface area contributed by atoms with Gasteiger partial charge in [0.25, 0.3) is 5.91 Å². The highest BCUT2D eigenvalue weighted by Crippen LogP contribution is 2.39. The number of likely N-dealkylation sites (tertiary alicyclic amines) is 2. The third-order valence-electron chi connectivity index (χ3n) is 6.47. The van der Waals surface area contributed by atoms with Crippen molar-refractivity contribution in [2.45, 2.75) is 18.9 Å². The van der Waals surface area contributed by atoms with Gasteiger partial charge >= 0.3 is 0 Å². The molecule has 2 aliphatic heterocycles. The predicted molar refractivity (Wildman–Crippen MR) is 114 cm³/mol. The molecule has 3 heterocycles. The van der Waals surface area contributed by atoms with Gasteiger partial charge in [-0.3, -0.25) is 9.59 Å². The first-order chi connectivity index (χ1) is 14.5. The van der Waals surface area contributed by atoms with E-state index in [1.807, 2.05) is 19.2 Å². The zero-order chi connectivity index (χ0) is 21.0. The Morgan fingerprint density at radius 3 is 2.83 bits per heavy atom. The van der Waals surface area contributed by atoms with E-state index in [0.717, 1.165) is 34.0 Å². The van der Waals surface area contributed by atoms with Crippen molar-refractivity contribution in [1.82, 2.24) is 14.8 Å². The van der Waals surface area contributed by atoms with Crippen molar-refractivity contribution in [2.75, 3.05) is 33.0 Å². The van der Waals surface area contributed by atoms with Crippen molar-refractivity contribution in [2.24, 2.45) is 5.92 Å². The maximum atomic E-state index is 12.9. The van der Waals surface area contributed by atoms with Crippen LogP contribution in [0.3, 0.4) is 0 Å². The van der Waals surface area contributed by atoms with Crippen molar-refractivity contribution in [3.8, 4) is 0 Å². The monoisotopic (exact) mass is 404 g/mol. The lowest BCUT2D eigenvalue weighted by Crippen LogP contribution is -2.54. The highest BCUT2D eigenvalue weighted by Gasteiger charge is 2.34. The van der Waals surface area contributed by atoms with Crippen LogP contribution in [0.15, 0.2) is 42.2 Å². The summed E-state index contributed by atoms with van der Waals surface area (Å²) < 4.78 is 5.28. The van der Waals surface area contributed by atoms with E-state index in [4.69, 9.17) is 10.5 Å². The number of nitrogen functional groups attached to an aromatic ring is 1. The fourth-order valence-corrected chi connectivity index (χ4v) is 4.53. The van der Waals surface area contributed by atoms with Crippen LogP contribution in [0.1, 0.15) is 28.8 Å². The highest BCUT2D eigenvalue weighted by atomic mass is 16.5. The first-order valence-corrected chi connectivity index (χ1v) is 10.1. The topological polar surface area (TPSA) is 88.8 Å². The standard InChI is InChI=1S/C23H24N4O3/c1-26-20-8-13(3-4-14(20)9-21(26)28)19-10-25-22(24)17-6-5-15(7-18(17)19)23(29)27-11-16(12-27)30-2/h3,5-8,10,14,16H,4,9,11-12H2,1-2H3,(H2,24,25). The molecule has 1 aliphatic carbocycles. The number of carbonyl (C=O) groups is 2. The molecule has 3 aliphatic rings. The number of benzene rings is 1. The molecule has 0 saturated carbocycles. The summed E-state index contributed by atoms with van der Waals surface area (Å²) in [6, 6.07) is 5.58. The number of allylic oxidation sites excluding steroid dienone is 4. The maximum absolute atomic E-state index is 12.9. The molecule has 30 heavy (non-hydrogen) atoms. The van der Waals surface area contributed by atoms with Gasteiger partial charge in [0, 0.05) is 68.0 Å². The normalized spacial score (nSPS) is 21.4. The lowest BCUT2D eigenvalue weighted by atomic mass is 9.89. The van der Waals surface area contributed by atoms with E-state index < -0.39 is 0 Å². The SMILES string of the molecule is COC1CN(C(=O)c2ccc3c(N)ncc(C4=CCC5CC(=O)N(C)C5=C4)c3c2)C1. The van der Waals surface area contributed by atoms with Crippen LogP contribution in [-0.4, -0.2) is 59.9 Å². The second-order valence-corrected chi connectivity index (χ2v) is 8.20. The minimum atomic E-state index is -0.0105. The van der Waals surface area contributed by atoms with Crippen LogP contribution in [0.4, 0.5) is 5.82 Å². The Bertz CT molecular complexity index is 1130. The molecule has 7 heteroatoms. The summed E-state index contributed by atoms with van der Waals surface area (Å²) in [6.45, 7) is 1.22. The van der Waals surface area contributed by atoms with Crippen molar-refractivity contribution < 1.29 is 14.3 Å². The van der Waals surface area contributed by atoms with Crippen LogP contribution < -0.4 is 5.73 Å². The summed E-state index contributed by atoms with van der Waals surface area (Å²) in [5, 5.41) is 1.71. The molecule has 2 N–H and O–H groups in total. The molecule has 1 aromatic heterocycles. The summed E-state index contributed by atoms with van der Waals surface area (Å²) in [5.41, 5.74) is 9.73. The number of aromatic nitrogens is 1. The average molecular weight is 404 g/mol. The molecule has 1 unspecified atom stereocenters. The number of fused-ring (bicyclic) bond motifs is 2. The number of anilines is 1. The number of rotatable bonds is 3. The van der Waals surface area contributed by atoms with Crippen molar-refractivity contribution >= 4 is 34.0 Å². The minimum Gasteiger partial charge on any atom is -0.383 e. The van der Waals surface area contributed by atoms with E-state index >= 15 is 0 Å². The third-order valence-corrected chi connectivity index (χ3v) is 6.47. The van der Waals surface area contributed by atoms with Gasteiger partial charge in [0.1, 0.15) is 5.82 Å². The molecule has 0 bridgehead atoms. The molecular weight excluding hydrogens is 380 g/mol. The fourth-order valence-electron chi connectivity index (χ4n) is 4.53. The van der Waals surface area contributed by atoms with Gasteiger partial charge in [0.05, 0.1) is 6.10 Å². The zero-order valence-corrected chi connectivity index (χ0v) is 17.1. The van der Waals surface area contributed by atoms with Crippen LogP contribution in [0, 0.1) is 5.92 Å². The van der Waals surface area contributed by atoms with E-state index in [9.17, 15) is 9.59 Å². The summed E-state index contributed by atoms with van der Waals surface area (Å²) >= 11 is 0. The summed E-state index contributed by atoms with van der Waals surface area (Å²) in [7, 11) is 3.49. The molecular formula is C23H24N4O3. The number of carbonyl (C=O) groups excluding carboxylic acids is 2. The van der Waals surface area contributed by atoms with Crippen LogP contribution in [0.5, 0.6) is 0 Å². The van der Waals surface area contributed by atoms with Crippen LogP contribution in [0.2, 0.25) is 0 Å². The van der Waals surface area contributed by atoms with Gasteiger partial charge in [0.15, 0.2) is 0 Å². The Morgan fingerprint density at radius 1 is 1.27 bits per heavy atom. The van der Waals surface area contributed by atoms with Gasteiger partial charge in [-0.2, -0.15) is 0 Å². The molecule has 2 aromatic rings. The Balaban J connectivity index is 1.54. The molecule has 2 fully saturated rings. The van der Waals surface area contributed by atoms with E-state index in [2.05, 4.69) is 17.1 Å². The van der Waals surface area contributed by atoms with E-state index in [1.165, 1.54) is 0 Å². The fraction of sp³-hybridized carbons (Fsp3) is 0.348. The van der Waals surface area contributed by atoms with Gasteiger partial charge in [-0.1, -0.05) is 6.08 Å². The number of ether oxygens (including phenoxy) is 1. The van der Waals surface area contributed by atoms with E-state index in [1.54, 1.807) is 29.2 Å². The Morgan fingerprint density at radius 2 is 2.07 bits per heavy atom. The lowest BCUT2D eigenvalue weighted by molar-refractivity contribution is -0.125. The van der Waals surface area contributed by atoms with Crippen LogP contribution in [0.25, 0.3) is 16.3 Å². The van der Waals surface area contributed by atoms with Gasteiger partial charge < -0.3 is 20.3 Å². The molecule has 1 aromatic carbocycles. The summed E-state index contributed by atoms with van der Waals surface area (Å²) in [5.74, 6) is 0.824. The Labute approximate surface area is 174 Å². The number of methoxy groups -OCH3 is 1. The van der Waals surface area contributed by atoms with E-state index in [-0.39, 0.29) is 23.8 Å². The van der Waals surface area contributed by atoms with E-state index in [0.29, 0.717) is 30.9 Å². The third kappa shape index (κ3) is 2.89. The number of hydrogen-bond acceptors (Lipinski definition) is 5. The average Bonchev–Trinajstić information content (AvgIpc) is 3.00. The smallest absolute Gasteiger partial charge is 0.254 e. The van der Waals surface area contributed by atoms with Gasteiger partial charge in [-0.05, 0) is 41.7 Å². The zero-order valence-electron chi connectivity index (χ0n) is 17.1. The van der Waals surface area contributed by atoms with Crippen LogP contribution in [-0.2, 0) is 9.53 Å². The molecule has 1 atom stereocenters. The van der Waals surface area contributed by atoms with Gasteiger partial charge in [-0.25, -0.2) is 4.98 Å². The molecule has 0 spiro atoms. The van der Waals surface area contributed by atoms with Gasteiger partial charge in [-0.15, -0.1) is 0 Å². The number of pyridine rings is 1. The Hall–Kier alpha value is -3.19. The summed E-state index contributed by atoms with van der Waals surface area (Å²) in [6.07, 6.45) is 7.47. The highest BCUT2D eigenvalue weighted by molar-refractivity contribution is 6.05. The van der Waals surface area contributed by atoms with Crippen molar-refractivity contribution in [3.05, 3.63) is 53.4 Å². The van der Waals surface area contributed by atoms with Crippen molar-refractivity contribution in [3.63, 3.8) is 0 Å². The quantitative estimate of drug-likeness (QED) is 0.849. The first kappa shape index (κ1) is 18.8. The second-order valence-electron chi connectivity index (χ2n) is 8.20. The molecule has 0 radical (unpaired) electrons.